The van der Waals surface area contributed by atoms with Crippen molar-refractivity contribution < 1.29 is 9.84 Å². The third-order valence-corrected chi connectivity index (χ3v) is 2.35. The lowest BCUT2D eigenvalue weighted by Gasteiger charge is -2.11. The minimum atomic E-state index is -0.437. The first-order chi connectivity index (χ1) is 8.15. The van der Waals surface area contributed by atoms with Crippen LogP contribution < -0.4 is 10.1 Å². The number of nitrogens with zero attached hydrogens (tertiary/aromatic N) is 1. The molecule has 0 amide bonds. The summed E-state index contributed by atoms with van der Waals surface area (Å²) >= 11 is 0. The smallest absolute Gasteiger partial charge is 0.181 e. The van der Waals surface area contributed by atoms with E-state index in [1.165, 1.54) is 0 Å². The van der Waals surface area contributed by atoms with E-state index >= 15 is 0 Å². The summed E-state index contributed by atoms with van der Waals surface area (Å²) in [5, 5.41) is 20.7. The van der Waals surface area contributed by atoms with Gasteiger partial charge in [-0.1, -0.05) is 12.1 Å². The molecule has 92 valence electrons. The number of aliphatic hydroxyl groups is 1. The highest BCUT2D eigenvalue weighted by molar-refractivity contribution is 5.27. The molecule has 2 N–H and O–H groups in total. The Kier molecular flexibility index (Phi) is 5.47. The Hall–Kier alpha value is -1.57. The van der Waals surface area contributed by atoms with Crippen molar-refractivity contribution in [3.8, 4) is 11.8 Å². The lowest BCUT2D eigenvalue weighted by molar-refractivity contribution is 0.251. The molecule has 0 aliphatic carbocycles. The predicted octanol–water partition coefficient (Wildman–Crippen LogP) is 1.45. The van der Waals surface area contributed by atoms with Gasteiger partial charge in [0.1, 0.15) is 11.8 Å². The first-order valence-electron chi connectivity index (χ1n) is 5.65. The van der Waals surface area contributed by atoms with Crippen molar-refractivity contribution in [3.05, 3.63) is 29.8 Å². The number of hydrogen-bond donors (Lipinski definition) is 2. The molecule has 0 bridgehead atoms. The molecule has 0 heterocycles. The third-order valence-electron chi connectivity index (χ3n) is 2.35. The van der Waals surface area contributed by atoms with Gasteiger partial charge in [-0.15, -0.1) is 0 Å². The predicted molar refractivity (Wildman–Crippen MR) is 65.5 cm³/mol. The van der Waals surface area contributed by atoms with Gasteiger partial charge in [0.15, 0.2) is 6.10 Å². The summed E-state index contributed by atoms with van der Waals surface area (Å²) in [6.45, 7) is 4.46. The average molecular weight is 234 g/mol. The molecule has 4 heteroatoms. The fourth-order valence-corrected chi connectivity index (χ4v) is 1.27. The average Bonchev–Trinajstić information content (AvgIpc) is 2.37. The molecule has 0 radical (unpaired) electrons. The molecule has 0 saturated heterocycles. The van der Waals surface area contributed by atoms with Crippen molar-refractivity contribution in [2.75, 3.05) is 6.61 Å². The van der Waals surface area contributed by atoms with E-state index in [9.17, 15) is 0 Å². The van der Waals surface area contributed by atoms with Crippen LogP contribution in [-0.2, 0) is 6.54 Å². The second-order valence-corrected chi connectivity index (χ2v) is 4.00. The van der Waals surface area contributed by atoms with E-state index in [0.29, 0.717) is 12.3 Å². The van der Waals surface area contributed by atoms with Gasteiger partial charge in [-0.3, -0.25) is 0 Å². The van der Waals surface area contributed by atoms with Crippen molar-refractivity contribution in [2.45, 2.75) is 32.5 Å². The van der Waals surface area contributed by atoms with Crippen LogP contribution in [0.3, 0.4) is 0 Å². The third kappa shape index (κ3) is 4.85. The van der Waals surface area contributed by atoms with Crippen molar-refractivity contribution in [2.24, 2.45) is 0 Å². The van der Waals surface area contributed by atoms with Crippen molar-refractivity contribution in [3.63, 3.8) is 0 Å². The fourth-order valence-electron chi connectivity index (χ4n) is 1.27. The van der Waals surface area contributed by atoms with Crippen molar-refractivity contribution in [1.82, 2.24) is 5.32 Å². The Bertz CT molecular complexity index is 370. The van der Waals surface area contributed by atoms with Gasteiger partial charge in [-0.2, -0.15) is 5.26 Å². The maximum Gasteiger partial charge on any atom is 0.181 e. The molecule has 1 unspecified atom stereocenters. The van der Waals surface area contributed by atoms with Crippen LogP contribution in [0.25, 0.3) is 0 Å². The van der Waals surface area contributed by atoms with Gasteiger partial charge in [0, 0.05) is 12.6 Å². The molecule has 4 nitrogen and oxygen atoms in total. The molecule has 0 aliphatic rings. The molecule has 0 aromatic heterocycles. The summed E-state index contributed by atoms with van der Waals surface area (Å²) in [6, 6.07) is 9.67. The molecule has 0 spiro atoms. The van der Waals surface area contributed by atoms with Crippen molar-refractivity contribution >= 4 is 0 Å². The van der Waals surface area contributed by atoms with Crippen LogP contribution in [0, 0.1) is 11.3 Å². The largest absolute Gasteiger partial charge is 0.476 e. The van der Waals surface area contributed by atoms with Gasteiger partial charge in [-0.25, -0.2) is 0 Å². The van der Waals surface area contributed by atoms with Crippen LogP contribution in [-0.4, -0.2) is 23.9 Å². The Labute approximate surface area is 102 Å². The van der Waals surface area contributed by atoms with Crippen molar-refractivity contribution in [1.29, 1.82) is 5.26 Å². The summed E-state index contributed by atoms with van der Waals surface area (Å²) in [5.74, 6) is 0.693. The highest BCUT2D eigenvalue weighted by atomic mass is 16.5. The van der Waals surface area contributed by atoms with Crippen LogP contribution in [0.5, 0.6) is 5.75 Å². The van der Waals surface area contributed by atoms with Crippen LogP contribution in [0.15, 0.2) is 24.3 Å². The topological polar surface area (TPSA) is 65.3 Å². The first kappa shape index (κ1) is 13.5. The summed E-state index contributed by atoms with van der Waals surface area (Å²) in [6.07, 6.45) is -0.437. The molecular formula is C13H18N2O2. The molecule has 0 aliphatic heterocycles. The SMILES string of the molecule is CC(C#N)Oc1ccc(CN[C@H](C)CO)cc1. The highest BCUT2D eigenvalue weighted by Crippen LogP contribution is 2.13. The minimum absolute atomic E-state index is 0.0875. The normalized spacial score (nSPS) is 13.8. The number of nitriles is 1. The zero-order chi connectivity index (χ0) is 12.7. The molecule has 17 heavy (non-hydrogen) atoms. The molecule has 1 rings (SSSR count). The van der Waals surface area contributed by atoms with Gasteiger partial charge in [0.25, 0.3) is 0 Å². The van der Waals surface area contributed by atoms with Gasteiger partial charge in [-0.05, 0) is 31.5 Å². The van der Waals surface area contributed by atoms with Gasteiger partial charge < -0.3 is 15.2 Å². The number of benzene rings is 1. The Morgan fingerprint density at radius 3 is 2.53 bits per heavy atom. The number of ether oxygens (including phenoxy) is 1. The molecule has 2 atom stereocenters. The molecule has 1 aromatic carbocycles. The molecule has 0 fully saturated rings. The quantitative estimate of drug-likeness (QED) is 0.782. The number of hydrogen-bond acceptors (Lipinski definition) is 4. The van der Waals surface area contributed by atoms with E-state index in [-0.39, 0.29) is 12.6 Å². The summed E-state index contributed by atoms with van der Waals surface area (Å²) in [5.41, 5.74) is 1.11. The maximum atomic E-state index is 8.87. The molecule has 1 aromatic rings. The number of nitrogens with one attached hydrogen (secondary N) is 1. The van der Waals surface area contributed by atoms with Crippen LogP contribution in [0.2, 0.25) is 0 Å². The number of rotatable bonds is 6. The zero-order valence-corrected chi connectivity index (χ0v) is 10.2. The second kappa shape index (κ2) is 6.89. The molecule has 0 saturated carbocycles. The highest BCUT2D eigenvalue weighted by Gasteiger charge is 2.02. The second-order valence-electron chi connectivity index (χ2n) is 4.00. The van der Waals surface area contributed by atoms with E-state index in [1.807, 2.05) is 37.3 Å². The van der Waals surface area contributed by atoms with Crippen LogP contribution in [0.1, 0.15) is 19.4 Å². The fraction of sp³-hybridized carbons (Fsp3) is 0.462. The Morgan fingerprint density at radius 1 is 1.35 bits per heavy atom. The van der Waals surface area contributed by atoms with E-state index < -0.39 is 6.10 Å². The summed E-state index contributed by atoms with van der Waals surface area (Å²) in [7, 11) is 0. The maximum absolute atomic E-state index is 8.87. The monoisotopic (exact) mass is 234 g/mol. The van der Waals surface area contributed by atoms with E-state index in [0.717, 1.165) is 5.56 Å². The number of aliphatic hydroxyl groups excluding tert-OH is 1. The van der Waals surface area contributed by atoms with Gasteiger partial charge in [0.05, 0.1) is 6.61 Å². The summed E-state index contributed by atoms with van der Waals surface area (Å²) < 4.78 is 5.34. The minimum Gasteiger partial charge on any atom is -0.476 e. The van der Waals surface area contributed by atoms with E-state index in [1.54, 1.807) is 6.92 Å². The lowest BCUT2D eigenvalue weighted by atomic mass is 10.2. The molecular weight excluding hydrogens is 216 g/mol. The van der Waals surface area contributed by atoms with E-state index in [4.69, 9.17) is 15.1 Å². The van der Waals surface area contributed by atoms with Crippen LogP contribution in [0.4, 0.5) is 0 Å². The van der Waals surface area contributed by atoms with E-state index in [2.05, 4.69) is 5.32 Å². The summed E-state index contributed by atoms with van der Waals surface area (Å²) in [4.78, 5) is 0. The Morgan fingerprint density at radius 2 is 2.00 bits per heavy atom. The standard InChI is InChI=1S/C13H18N2O2/c1-10(9-16)15-8-12-3-5-13(6-4-12)17-11(2)7-14/h3-6,10-11,15-16H,8-9H2,1-2H3/t10-,11?/m1/s1. The van der Waals surface area contributed by atoms with Crippen LogP contribution >= 0.6 is 0 Å². The zero-order valence-electron chi connectivity index (χ0n) is 10.2. The van der Waals surface area contributed by atoms with Gasteiger partial charge in [0.2, 0.25) is 0 Å². The van der Waals surface area contributed by atoms with Gasteiger partial charge >= 0.3 is 0 Å². The first-order valence-corrected chi connectivity index (χ1v) is 5.65. The Balaban J connectivity index is 2.48. The lowest BCUT2D eigenvalue weighted by Crippen LogP contribution is -2.28.